The predicted octanol–water partition coefficient (Wildman–Crippen LogP) is 19.0. The van der Waals surface area contributed by atoms with Gasteiger partial charge in [-0.2, -0.15) is 0 Å². The van der Waals surface area contributed by atoms with Gasteiger partial charge in [-0.15, -0.1) is 0 Å². The second-order valence-electron chi connectivity index (χ2n) is 21.0. The lowest BCUT2D eigenvalue weighted by Gasteiger charge is -2.22. The van der Waals surface area contributed by atoms with Crippen molar-refractivity contribution < 1.29 is 24.5 Å². The van der Waals surface area contributed by atoms with Gasteiger partial charge in [-0.25, -0.2) is 0 Å². The van der Waals surface area contributed by atoms with Crippen molar-refractivity contribution in [3.8, 4) is 0 Å². The van der Waals surface area contributed by atoms with Crippen LogP contribution >= 0.6 is 0 Å². The Labute approximate surface area is 424 Å². The molecule has 0 aromatic carbocycles. The van der Waals surface area contributed by atoms with E-state index >= 15 is 0 Å². The molecule has 402 valence electrons. The number of hydrogen-bond acceptors (Lipinski definition) is 5. The summed E-state index contributed by atoms with van der Waals surface area (Å²) in [6.07, 6.45) is 70.3. The molecule has 0 radical (unpaired) electrons. The Morgan fingerprint density at radius 1 is 0.412 bits per heavy atom. The summed E-state index contributed by atoms with van der Waals surface area (Å²) >= 11 is 0. The Balaban J connectivity index is 3.45. The van der Waals surface area contributed by atoms with Crippen molar-refractivity contribution >= 4 is 11.9 Å². The van der Waals surface area contributed by atoms with Crippen LogP contribution in [-0.4, -0.2) is 47.4 Å². The lowest BCUT2D eigenvalue weighted by molar-refractivity contribution is -0.143. The van der Waals surface area contributed by atoms with Gasteiger partial charge in [0.2, 0.25) is 5.91 Å². The fraction of sp³-hybridized carbons (Fsp3) is 0.903. The summed E-state index contributed by atoms with van der Waals surface area (Å²) in [5.74, 6) is -0.0636. The number of hydrogen-bond donors (Lipinski definition) is 3. The summed E-state index contributed by atoms with van der Waals surface area (Å²) < 4.78 is 5.47. The summed E-state index contributed by atoms with van der Waals surface area (Å²) in [7, 11) is 0. The molecule has 0 rings (SSSR count). The minimum atomic E-state index is -0.675. The van der Waals surface area contributed by atoms with Crippen LogP contribution in [0.2, 0.25) is 0 Å². The molecule has 6 nitrogen and oxygen atoms in total. The molecule has 6 heteroatoms. The van der Waals surface area contributed by atoms with Gasteiger partial charge in [-0.1, -0.05) is 289 Å². The highest BCUT2D eigenvalue weighted by Crippen LogP contribution is 2.18. The molecule has 2 unspecified atom stereocenters. The summed E-state index contributed by atoms with van der Waals surface area (Å²) in [6, 6.07) is -0.553. The van der Waals surface area contributed by atoms with Crippen LogP contribution in [0.15, 0.2) is 24.3 Å². The minimum absolute atomic E-state index is 0.0185. The molecule has 0 saturated heterocycles. The number of nitrogens with one attached hydrogen (secondary N) is 1. The summed E-state index contributed by atoms with van der Waals surface area (Å²) in [5, 5.41) is 23.4. The Bertz CT molecular complexity index is 1060. The van der Waals surface area contributed by atoms with Crippen LogP contribution in [0.1, 0.15) is 335 Å². The highest BCUT2D eigenvalue weighted by Gasteiger charge is 2.20. The number of aliphatic hydroxyl groups excluding tert-OH is 2. The molecule has 0 bridgehead atoms. The molecule has 68 heavy (non-hydrogen) atoms. The Kier molecular flexibility index (Phi) is 56.5. The van der Waals surface area contributed by atoms with Gasteiger partial charge in [0, 0.05) is 12.8 Å². The average molecular weight is 959 g/mol. The van der Waals surface area contributed by atoms with E-state index in [1.165, 1.54) is 244 Å². The number of aliphatic hydroxyl groups is 2. The fourth-order valence-corrected chi connectivity index (χ4v) is 9.55. The minimum Gasteiger partial charge on any atom is -0.466 e. The number of ether oxygens (including phenoxy) is 1. The van der Waals surface area contributed by atoms with Crippen molar-refractivity contribution in [3.05, 3.63) is 24.3 Å². The lowest BCUT2D eigenvalue weighted by atomic mass is 10.0. The second kappa shape index (κ2) is 57.9. The zero-order valence-corrected chi connectivity index (χ0v) is 45.9. The van der Waals surface area contributed by atoms with Crippen LogP contribution in [0.4, 0.5) is 0 Å². The summed E-state index contributed by atoms with van der Waals surface area (Å²) in [6.45, 7) is 4.92. The lowest BCUT2D eigenvalue weighted by Crippen LogP contribution is -2.45. The third-order valence-corrected chi connectivity index (χ3v) is 14.3. The molecule has 0 aromatic heterocycles. The maximum Gasteiger partial charge on any atom is 0.305 e. The van der Waals surface area contributed by atoms with E-state index < -0.39 is 12.1 Å². The Hall–Kier alpha value is -1.66. The topological polar surface area (TPSA) is 95.9 Å². The molecule has 0 aliphatic rings. The number of amides is 1. The van der Waals surface area contributed by atoms with Crippen LogP contribution in [0, 0.1) is 0 Å². The first-order chi connectivity index (χ1) is 33.5. The van der Waals surface area contributed by atoms with E-state index in [-0.39, 0.29) is 18.5 Å². The molecule has 0 aliphatic heterocycles. The zero-order chi connectivity index (χ0) is 49.3. The van der Waals surface area contributed by atoms with E-state index in [9.17, 15) is 19.8 Å². The molecular weight excluding hydrogens is 839 g/mol. The maximum absolute atomic E-state index is 12.5. The number of unbranched alkanes of at least 4 members (excludes halogenated alkanes) is 42. The zero-order valence-electron chi connectivity index (χ0n) is 45.9. The third kappa shape index (κ3) is 53.7. The van der Waals surface area contributed by atoms with Gasteiger partial charge in [0.05, 0.1) is 25.4 Å². The van der Waals surface area contributed by atoms with Crippen LogP contribution in [0.5, 0.6) is 0 Å². The summed E-state index contributed by atoms with van der Waals surface area (Å²) in [4.78, 5) is 24.6. The monoisotopic (exact) mass is 958 g/mol. The first-order valence-corrected chi connectivity index (χ1v) is 30.6. The van der Waals surface area contributed by atoms with Gasteiger partial charge >= 0.3 is 5.97 Å². The van der Waals surface area contributed by atoms with Gasteiger partial charge in [0.25, 0.3) is 0 Å². The number of rotatable bonds is 57. The van der Waals surface area contributed by atoms with Crippen LogP contribution in [0.3, 0.4) is 0 Å². The first kappa shape index (κ1) is 66.3. The smallest absolute Gasteiger partial charge is 0.305 e. The maximum atomic E-state index is 12.5. The van der Waals surface area contributed by atoms with E-state index in [4.69, 9.17) is 4.74 Å². The van der Waals surface area contributed by atoms with E-state index in [1.54, 1.807) is 0 Å². The number of esters is 1. The van der Waals surface area contributed by atoms with Crippen LogP contribution < -0.4 is 5.32 Å². The predicted molar refractivity (Wildman–Crippen MR) is 296 cm³/mol. The second-order valence-corrected chi connectivity index (χ2v) is 21.0. The number of carbonyl (C=O) groups is 2. The molecule has 0 aromatic rings. The van der Waals surface area contributed by atoms with Gasteiger partial charge in [0.1, 0.15) is 0 Å². The highest BCUT2D eigenvalue weighted by molar-refractivity contribution is 5.76. The van der Waals surface area contributed by atoms with Crippen molar-refractivity contribution in [3.63, 3.8) is 0 Å². The molecular formula is C62H119NO5. The van der Waals surface area contributed by atoms with Crippen molar-refractivity contribution in [2.75, 3.05) is 13.2 Å². The Morgan fingerprint density at radius 2 is 0.735 bits per heavy atom. The molecule has 3 N–H and O–H groups in total. The SMILES string of the molecule is CCCCC/C=C\C/C=C\CCCCCCCC(=O)OCCCCCCCCCCCCCCCC(=O)NC(CO)C(O)CCCCCCCCCCCCCCCCCCCCCCCCC. The normalized spacial score (nSPS) is 12.7. The highest BCUT2D eigenvalue weighted by atomic mass is 16.5. The number of allylic oxidation sites excluding steroid dienone is 4. The molecule has 0 saturated carbocycles. The summed E-state index contributed by atoms with van der Waals surface area (Å²) in [5.41, 5.74) is 0. The van der Waals surface area contributed by atoms with Gasteiger partial charge in [-0.05, 0) is 57.8 Å². The van der Waals surface area contributed by atoms with Gasteiger partial charge in [-0.3, -0.25) is 9.59 Å². The van der Waals surface area contributed by atoms with Crippen molar-refractivity contribution in [2.24, 2.45) is 0 Å². The molecule has 0 spiro atoms. The quantitative estimate of drug-likeness (QED) is 0.0321. The van der Waals surface area contributed by atoms with E-state index in [1.807, 2.05) is 0 Å². The average Bonchev–Trinajstić information content (AvgIpc) is 3.34. The fourth-order valence-electron chi connectivity index (χ4n) is 9.55. The van der Waals surface area contributed by atoms with E-state index in [2.05, 4.69) is 43.5 Å². The van der Waals surface area contributed by atoms with Crippen molar-refractivity contribution in [2.45, 2.75) is 347 Å². The molecule has 0 heterocycles. The van der Waals surface area contributed by atoms with Crippen LogP contribution in [-0.2, 0) is 14.3 Å². The third-order valence-electron chi connectivity index (χ3n) is 14.3. The van der Waals surface area contributed by atoms with Crippen molar-refractivity contribution in [1.29, 1.82) is 0 Å². The first-order valence-electron chi connectivity index (χ1n) is 30.6. The van der Waals surface area contributed by atoms with E-state index in [0.717, 1.165) is 57.8 Å². The standard InChI is InChI=1S/C62H119NO5/c1-3-5-7-9-11-13-15-17-19-20-21-22-23-24-25-26-28-30-34-38-42-46-50-54-60(65)59(58-64)63-61(66)55-51-47-43-39-35-31-29-33-37-41-45-49-53-57-68-62(67)56-52-48-44-40-36-32-27-18-16-14-12-10-8-6-4-2/h12,14,18,27,59-60,64-65H,3-11,13,15-17,19-26,28-58H2,1-2H3,(H,63,66)/b14-12-,27-18-. The molecule has 2 atom stereocenters. The van der Waals surface area contributed by atoms with Gasteiger partial charge < -0.3 is 20.3 Å². The molecule has 0 aliphatic carbocycles. The van der Waals surface area contributed by atoms with Gasteiger partial charge in [0.15, 0.2) is 0 Å². The number of carbonyl (C=O) groups excluding carboxylic acids is 2. The molecule has 0 fully saturated rings. The van der Waals surface area contributed by atoms with Crippen LogP contribution in [0.25, 0.3) is 0 Å². The Morgan fingerprint density at radius 3 is 1.15 bits per heavy atom. The van der Waals surface area contributed by atoms with E-state index in [0.29, 0.717) is 25.9 Å². The largest absolute Gasteiger partial charge is 0.466 e. The molecule has 1 amide bonds. The van der Waals surface area contributed by atoms with Crippen molar-refractivity contribution in [1.82, 2.24) is 5.32 Å².